The lowest BCUT2D eigenvalue weighted by molar-refractivity contribution is -0.115. The van der Waals surface area contributed by atoms with E-state index in [2.05, 4.69) is 5.32 Å². The van der Waals surface area contributed by atoms with Crippen LogP contribution in [0.5, 0.6) is 11.5 Å². The number of benzene rings is 4. The molecule has 0 atom stereocenters. The van der Waals surface area contributed by atoms with Gasteiger partial charge in [0.25, 0.3) is 0 Å². The average molecular weight is 472 g/mol. The zero-order valence-electron chi connectivity index (χ0n) is 18.8. The van der Waals surface area contributed by atoms with Gasteiger partial charge in [-0.05, 0) is 47.5 Å². The highest BCUT2D eigenvalue weighted by Gasteiger charge is 2.13. The van der Waals surface area contributed by atoms with Crippen molar-refractivity contribution in [1.29, 1.82) is 0 Å². The maximum atomic E-state index is 12.7. The molecule has 1 amide bonds. The highest BCUT2D eigenvalue weighted by atomic mass is 32.2. The van der Waals surface area contributed by atoms with Crippen LogP contribution >= 0.6 is 0 Å². The van der Waals surface area contributed by atoms with Gasteiger partial charge >= 0.3 is 0 Å². The molecule has 34 heavy (non-hydrogen) atoms. The number of anilines is 1. The molecule has 0 aliphatic rings. The number of carbonyl (C=O) groups excluding carboxylic acids is 1. The van der Waals surface area contributed by atoms with Gasteiger partial charge < -0.3 is 10.1 Å². The predicted octanol–water partition coefficient (Wildman–Crippen LogP) is 6.12. The highest BCUT2D eigenvalue weighted by Crippen LogP contribution is 2.35. The van der Waals surface area contributed by atoms with Crippen molar-refractivity contribution in [1.82, 2.24) is 0 Å². The van der Waals surface area contributed by atoms with E-state index in [1.165, 1.54) is 0 Å². The summed E-state index contributed by atoms with van der Waals surface area (Å²) in [5, 5.41) is 2.91. The molecule has 0 aliphatic carbocycles. The Bertz CT molecular complexity index is 1370. The van der Waals surface area contributed by atoms with E-state index in [0.29, 0.717) is 17.2 Å². The lowest BCUT2D eigenvalue weighted by Crippen LogP contribution is -2.14. The summed E-state index contributed by atoms with van der Waals surface area (Å²) in [4.78, 5) is 12.9. The molecule has 172 valence electrons. The third-order valence-corrected chi connectivity index (χ3v) is 7.10. The van der Waals surface area contributed by atoms with Gasteiger partial charge in [0.15, 0.2) is 9.84 Å². The van der Waals surface area contributed by atoms with Gasteiger partial charge in [-0.3, -0.25) is 4.79 Å². The van der Waals surface area contributed by atoms with Gasteiger partial charge in [-0.2, -0.15) is 0 Å². The summed E-state index contributed by atoms with van der Waals surface area (Å²) in [5.41, 5.74) is 3.26. The Balaban J connectivity index is 1.53. The van der Waals surface area contributed by atoms with E-state index in [4.69, 9.17) is 4.74 Å². The number of hydrogen-bond donors (Lipinski definition) is 1. The van der Waals surface area contributed by atoms with Crippen LogP contribution < -0.4 is 10.1 Å². The second-order valence-corrected chi connectivity index (χ2v) is 10.0. The second kappa shape index (κ2) is 10.4. The number of rotatable bonds is 8. The van der Waals surface area contributed by atoms with Crippen LogP contribution in [0.1, 0.15) is 12.5 Å². The minimum atomic E-state index is -3.26. The molecule has 4 aromatic carbocycles. The van der Waals surface area contributed by atoms with E-state index >= 15 is 0 Å². The summed E-state index contributed by atoms with van der Waals surface area (Å²) in [6, 6.07) is 31.4. The first kappa shape index (κ1) is 23.3. The SMILES string of the molecule is CCS(=O)(=O)c1ccc(CC(=O)Nc2ccc(-c3ccccc3)c(Oc3ccccc3)c2)cc1. The Morgan fingerprint density at radius 1 is 0.824 bits per heavy atom. The Labute approximate surface area is 200 Å². The largest absolute Gasteiger partial charge is 0.457 e. The Morgan fingerprint density at radius 3 is 2.12 bits per heavy atom. The monoisotopic (exact) mass is 471 g/mol. The first-order valence-electron chi connectivity index (χ1n) is 11.0. The van der Waals surface area contributed by atoms with E-state index < -0.39 is 9.84 Å². The maximum absolute atomic E-state index is 12.7. The molecule has 1 N–H and O–H groups in total. The number of sulfone groups is 1. The number of nitrogens with one attached hydrogen (secondary N) is 1. The van der Waals surface area contributed by atoms with Gasteiger partial charge in [-0.25, -0.2) is 8.42 Å². The average Bonchev–Trinajstić information content (AvgIpc) is 2.86. The molecule has 6 heteroatoms. The molecule has 0 radical (unpaired) electrons. The molecule has 0 saturated heterocycles. The van der Waals surface area contributed by atoms with Crippen LogP contribution in [0.25, 0.3) is 11.1 Å². The topological polar surface area (TPSA) is 72.5 Å². The van der Waals surface area contributed by atoms with E-state index in [9.17, 15) is 13.2 Å². The summed E-state index contributed by atoms with van der Waals surface area (Å²) in [7, 11) is -3.26. The lowest BCUT2D eigenvalue weighted by atomic mass is 10.0. The number of para-hydroxylation sites is 1. The molecule has 0 aromatic heterocycles. The van der Waals surface area contributed by atoms with Crippen molar-refractivity contribution in [3.63, 3.8) is 0 Å². The van der Waals surface area contributed by atoms with E-state index in [1.807, 2.05) is 78.9 Å². The van der Waals surface area contributed by atoms with Crippen LogP contribution in [0.3, 0.4) is 0 Å². The normalized spacial score (nSPS) is 11.1. The molecule has 0 unspecified atom stereocenters. The third-order valence-electron chi connectivity index (χ3n) is 5.35. The highest BCUT2D eigenvalue weighted by molar-refractivity contribution is 7.91. The summed E-state index contributed by atoms with van der Waals surface area (Å²) >= 11 is 0. The quantitative estimate of drug-likeness (QED) is 0.336. The van der Waals surface area contributed by atoms with Crippen molar-refractivity contribution < 1.29 is 17.9 Å². The van der Waals surface area contributed by atoms with E-state index in [1.54, 1.807) is 31.2 Å². The Hall–Kier alpha value is -3.90. The summed E-state index contributed by atoms with van der Waals surface area (Å²) in [6.07, 6.45) is 0.127. The minimum Gasteiger partial charge on any atom is -0.457 e. The first-order chi connectivity index (χ1) is 16.4. The molecule has 0 fully saturated rings. The summed E-state index contributed by atoms with van der Waals surface area (Å²) < 4.78 is 30.1. The molecule has 5 nitrogen and oxygen atoms in total. The van der Waals surface area contributed by atoms with Crippen molar-refractivity contribution in [2.24, 2.45) is 0 Å². The van der Waals surface area contributed by atoms with Crippen LogP contribution in [-0.4, -0.2) is 20.1 Å². The fraction of sp³-hybridized carbons (Fsp3) is 0.107. The van der Waals surface area contributed by atoms with Gasteiger partial charge in [0.05, 0.1) is 17.1 Å². The molecular weight excluding hydrogens is 446 g/mol. The third kappa shape index (κ3) is 5.71. The molecule has 4 aromatic rings. The number of hydrogen-bond acceptors (Lipinski definition) is 4. The van der Waals surface area contributed by atoms with Crippen LogP contribution in [0, 0.1) is 0 Å². The molecule has 0 heterocycles. The fourth-order valence-corrected chi connectivity index (χ4v) is 4.41. The zero-order chi connectivity index (χ0) is 24.0. The number of carbonyl (C=O) groups is 1. The molecule has 0 saturated carbocycles. The summed E-state index contributed by atoms with van der Waals surface area (Å²) in [6.45, 7) is 1.61. The fourth-order valence-electron chi connectivity index (χ4n) is 3.53. The second-order valence-electron chi connectivity index (χ2n) is 7.76. The van der Waals surface area contributed by atoms with Crippen molar-refractivity contribution in [3.05, 3.63) is 109 Å². The first-order valence-corrected chi connectivity index (χ1v) is 12.6. The zero-order valence-corrected chi connectivity index (χ0v) is 19.6. The van der Waals surface area contributed by atoms with Gasteiger partial charge in [0.1, 0.15) is 11.5 Å². The predicted molar refractivity (Wildman–Crippen MR) is 135 cm³/mol. The van der Waals surface area contributed by atoms with Crippen LogP contribution in [0.4, 0.5) is 5.69 Å². The Morgan fingerprint density at radius 2 is 1.47 bits per heavy atom. The summed E-state index contributed by atoms with van der Waals surface area (Å²) in [5.74, 6) is 1.16. The van der Waals surface area contributed by atoms with Crippen molar-refractivity contribution in [2.45, 2.75) is 18.2 Å². The number of amides is 1. The van der Waals surface area contributed by atoms with Gasteiger partial charge in [0.2, 0.25) is 5.91 Å². The molecule has 0 bridgehead atoms. The van der Waals surface area contributed by atoms with Crippen molar-refractivity contribution >= 4 is 21.4 Å². The van der Waals surface area contributed by atoms with Crippen molar-refractivity contribution in [3.8, 4) is 22.6 Å². The van der Waals surface area contributed by atoms with E-state index in [0.717, 1.165) is 16.7 Å². The molecule has 0 aliphatic heterocycles. The standard InChI is InChI=1S/C28H25NO4S/c1-2-34(31,32)25-16-13-21(14-17-25)19-28(30)29-23-15-18-26(22-9-5-3-6-10-22)27(20-23)33-24-11-7-4-8-12-24/h3-18,20H,2,19H2,1H3,(H,29,30). The van der Waals surface area contributed by atoms with Crippen LogP contribution in [0.2, 0.25) is 0 Å². The van der Waals surface area contributed by atoms with Gasteiger partial charge in [-0.15, -0.1) is 0 Å². The Kier molecular flexibility index (Phi) is 7.09. The lowest BCUT2D eigenvalue weighted by Gasteiger charge is -2.14. The minimum absolute atomic E-state index is 0.0409. The molecular formula is C28H25NO4S. The van der Waals surface area contributed by atoms with Crippen molar-refractivity contribution in [2.75, 3.05) is 11.1 Å². The molecule has 4 rings (SSSR count). The molecule has 0 spiro atoms. The van der Waals surface area contributed by atoms with Crippen LogP contribution in [0.15, 0.2) is 108 Å². The van der Waals surface area contributed by atoms with Crippen LogP contribution in [-0.2, 0) is 21.1 Å². The van der Waals surface area contributed by atoms with Gasteiger partial charge in [0, 0.05) is 17.3 Å². The number of ether oxygens (including phenoxy) is 1. The van der Waals surface area contributed by atoms with E-state index in [-0.39, 0.29) is 23.0 Å². The van der Waals surface area contributed by atoms with Gasteiger partial charge in [-0.1, -0.05) is 67.6 Å². The maximum Gasteiger partial charge on any atom is 0.228 e. The smallest absolute Gasteiger partial charge is 0.228 e.